The van der Waals surface area contributed by atoms with Crippen LogP contribution in [0, 0.1) is 6.57 Å². The fraction of sp³-hybridized carbons (Fsp3) is 0.286. The van der Waals surface area contributed by atoms with Crippen LogP contribution in [0.25, 0.3) is 4.85 Å². The predicted molar refractivity (Wildman–Crippen MR) is 42.6 cm³/mol. The van der Waals surface area contributed by atoms with Crippen molar-refractivity contribution in [2.75, 3.05) is 19.0 Å². The van der Waals surface area contributed by atoms with Gasteiger partial charge in [-0.1, -0.05) is 11.6 Å². The second-order valence-corrected chi connectivity index (χ2v) is 2.24. The van der Waals surface area contributed by atoms with E-state index in [1.807, 2.05) is 19.0 Å². The molecule has 1 aromatic heterocycles. The Bertz CT molecular complexity index is 287. The Hall–Kier alpha value is -1.63. The molecule has 0 N–H and O–H groups in total. The van der Waals surface area contributed by atoms with Crippen molar-refractivity contribution >= 4 is 11.6 Å². The van der Waals surface area contributed by atoms with Crippen LogP contribution in [0.15, 0.2) is 12.4 Å². The third kappa shape index (κ3) is 1.64. The van der Waals surface area contributed by atoms with Crippen LogP contribution in [0.5, 0.6) is 0 Å². The van der Waals surface area contributed by atoms with Gasteiger partial charge in [0.05, 0.1) is 12.4 Å². The van der Waals surface area contributed by atoms with E-state index in [-0.39, 0.29) is 0 Å². The van der Waals surface area contributed by atoms with E-state index in [2.05, 4.69) is 14.8 Å². The molecule has 0 bridgehead atoms. The zero-order valence-electron chi connectivity index (χ0n) is 6.44. The quantitative estimate of drug-likeness (QED) is 0.559. The Morgan fingerprint density at radius 1 is 1.45 bits per heavy atom. The molecule has 0 aliphatic carbocycles. The summed E-state index contributed by atoms with van der Waals surface area (Å²) < 4.78 is 0. The van der Waals surface area contributed by atoms with Crippen LogP contribution in [-0.2, 0) is 0 Å². The van der Waals surface area contributed by atoms with Crippen molar-refractivity contribution in [1.82, 2.24) is 9.97 Å². The Morgan fingerprint density at radius 2 is 2.18 bits per heavy atom. The van der Waals surface area contributed by atoms with Crippen LogP contribution in [-0.4, -0.2) is 24.1 Å². The molecule has 4 heteroatoms. The predicted octanol–water partition coefficient (Wildman–Crippen LogP) is 1.09. The number of anilines is 1. The molecule has 1 rings (SSSR count). The molecule has 0 atom stereocenters. The summed E-state index contributed by atoms with van der Waals surface area (Å²) in [5, 5.41) is 0. The van der Waals surface area contributed by atoms with Gasteiger partial charge in [-0.2, -0.15) is 0 Å². The van der Waals surface area contributed by atoms with E-state index >= 15 is 0 Å². The second kappa shape index (κ2) is 2.97. The fourth-order valence-electron chi connectivity index (χ4n) is 0.615. The maximum Gasteiger partial charge on any atom is 0.290 e. The van der Waals surface area contributed by atoms with Gasteiger partial charge in [0.15, 0.2) is 0 Å². The molecule has 0 fully saturated rings. The first kappa shape index (κ1) is 7.48. The monoisotopic (exact) mass is 148 g/mol. The molecule has 0 aliphatic rings. The summed E-state index contributed by atoms with van der Waals surface area (Å²) in [4.78, 5) is 12.8. The van der Waals surface area contributed by atoms with E-state index < -0.39 is 0 Å². The lowest BCUT2D eigenvalue weighted by atomic mass is 10.6. The highest BCUT2D eigenvalue weighted by molar-refractivity contribution is 5.42. The first-order valence-corrected chi connectivity index (χ1v) is 3.11. The summed E-state index contributed by atoms with van der Waals surface area (Å²) in [7, 11) is 3.72. The Morgan fingerprint density at radius 3 is 2.73 bits per heavy atom. The first-order chi connectivity index (χ1) is 5.24. The van der Waals surface area contributed by atoms with E-state index in [1.165, 1.54) is 6.20 Å². The maximum absolute atomic E-state index is 6.69. The van der Waals surface area contributed by atoms with Crippen LogP contribution in [0.2, 0.25) is 0 Å². The molecule has 4 nitrogen and oxygen atoms in total. The number of hydrogen-bond donors (Lipinski definition) is 0. The summed E-state index contributed by atoms with van der Waals surface area (Å²) in [5.74, 6) is 1.04. The molecule has 0 saturated heterocycles. The molecule has 0 radical (unpaired) electrons. The SMILES string of the molecule is [C-]#[N+]c1cncc(N(C)C)n1. The Labute approximate surface area is 65.3 Å². The maximum atomic E-state index is 6.69. The average molecular weight is 148 g/mol. The molecule has 56 valence electrons. The standard InChI is InChI=1S/C7H8N4/c1-8-6-4-9-5-7(10-6)11(2)3/h4-5H,2-3H3. The molecule has 11 heavy (non-hydrogen) atoms. The number of hydrogen-bond acceptors (Lipinski definition) is 3. The van der Waals surface area contributed by atoms with Gasteiger partial charge in [0.2, 0.25) is 5.82 Å². The smallest absolute Gasteiger partial charge is 0.290 e. The molecule has 0 aliphatic heterocycles. The molecule has 0 saturated carbocycles. The largest absolute Gasteiger partial charge is 0.359 e. The molecule has 0 unspecified atom stereocenters. The summed E-state index contributed by atoms with van der Waals surface area (Å²) in [6.45, 7) is 6.69. The van der Waals surface area contributed by atoms with Crippen LogP contribution < -0.4 is 4.90 Å². The third-order valence-electron chi connectivity index (χ3n) is 1.18. The van der Waals surface area contributed by atoms with Crippen LogP contribution in [0.4, 0.5) is 11.6 Å². The van der Waals surface area contributed by atoms with Crippen molar-refractivity contribution in [3.05, 3.63) is 23.8 Å². The lowest BCUT2D eigenvalue weighted by Gasteiger charge is -2.05. The summed E-state index contributed by atoms with van der Waals surface area (Å²) in [5.41, 5.74) is 0. The van der Waals surface area contributed by atoms with Crippen molar-refractivity contribution in [1.29, 1.82) is 0 Å². The fourth-order valence-corrected chi connectivity index (χ4v) is 0.615. The Balaban J connectivity index is 3.03. The lowest BCUT2D eigenvalue weighted by Crippen LogP contribution is -2.10. The van der Waals surface area contributed by atoms with Gasteiger partial charge in [-0.3, -0.25) is 4.98 Å². The van der Waals surface area contributed by atoms with E-state index in [9.17, 15) is 0 Å². The first-order valence-electron chi connectivity index (χ1n) is 3.11. The molecule has 0 aromatic carbocycles. The molecular weight excluding hydrogens is 140 g/mol. The van der Waals surface area contributed by atoms with Crippen LogP contribution >= 0.6 is 0 Å². The van der Waals surface area contributed by atoms with Crippen molar-refractivity contribution in [3.63, 3.8) is 0 Å². The summed E-state index contributed by atoms with van der Waals surface area (Å²) >= 11 is 0. The molecule has 0 spiro atoms. The highest BCUT2D eigenvalue weighted by atomic mass is 15.2. The molecular formula is C7H8N4. The van der Waals surface area contributed by atoms with Gasteiger partial charge in [-0.15, -0.1) is 0 Å². The zero-order chi connectivity index (χ0) is 8.27. The minimum absolute atomic E-state index is 0.330. The zero-order valence-corrected chi connectivity index (χ0v) is 6.44. The third-order valence-corrected chi connectivity index (χ3v) is 1.18. The van der Waals surface area contributed by atoms with Crippen molar-refractivity contribution < 1.29 is 0 Å². The highest BCUT2D eigenvalue weighted by Gasteiger charge is 2.01. The second-order valence-electron chi connectivity index (χ2n) is 2.24. The summed E-state index contributed by atoms with van der Waals surface area (Å²) in [6.07, 6.45) is 3.06. The van der Waals surface area contributed by atoms with Gasteiger partial charge >= 0.3 is 0 Å². The van der Waals surface area contributed by atoms with E-state index in [0.29, 0.717) is 11.6 Å². The Kier molecular flexibility index (Phi) is 2.02. The minimum atomic E-state index is 0.330. The van der Waals surface area contributed by atoms with Gasteiger partial charge in [0.25, 0.3) is 5.82 Å². The van der Waals surface area contributed by atoms with Crippen LogP contribution in [0.1, 0.15) is 0 Å². The van der Waals surface area contributed by atoms with Crippen molar-refractivity contribution in [3.8, 4) is 0 Å². The average Bonchev–Trinajstić information content (AvgIpc) is 2.05. The van der Waals surface area contributed by atoms with E-state index in [0.717, 1.165) is 0 Å². The minimum Gasteiger partial charge on any atom is -0.359 e. The lowest BCUT2D eigenvalue weighted by molar-refractivity contribution is 1.05. The normalized spacial score (nSPS) is 8.82. The van der Waals surface area contributed by atoms with E-state index in [4.69, 9.17) is 6.57 Å². The number of nitrogens with zero attached hydrogens (tertiary/aromatic N) is 4. The molecule has 1 heterocycles. The number of aromatic nitrogens is 2. The van der Waals surface area contributed by atoms with Crippen LogP contribution in [0.3, 0.4) is 0 Å². The van der Waals surface area contributed by atoms with Crippen molar-refractivity contribution in [2.45, 2.75) is 0 Å². The highest BCUT2D eigenvalue weighted by Crippen LogP contribution is 2.10. The van der Waals surface area contributed by atoms with Gasteiger partial charge in [-0.25, -0.2) is 0 Å². The van der Waals surface area contributed by atoms with Gasteiger partial charge in [0, 0.05) is 14.1 Å². The van der Waals surface area contributed by atoms with E-state index in [1.54, 1.807) is 6.20 Å². The van der Waals surface area contributed by atoms with Gasteiger partial charge in [-0.05, 0) is 0 Å². The molecule has 0 amide bonds. The molecule has 1 aromatic rings. The number of rotatable bonds is 1. The van der Waals surface area contributed by atoms with Gasteiger partial charge in [0.1, 0.15) is 0 Å². The topological polar surface area (TPSA) is 33.4 Å². The summed E-state index contributed by atoms with van der Waals surface area (Å²) in [6, 6.07) is 0. The van der Waals surface area contributed by atoms with Gasteiger partial charge < -0.3 is 9.74 Å². The van der Waals surface area contributed by atoms with Crippen molar-refractivity contribution in [2.24, 2.45) is 0 Å².